The molecule has 0 aromatic heterocycles. The maximum atomic E-state index is 10.5. The molecule has 0 unspecified atom stereocenters. The SMILES string of the molecule is C=C[CH-]F.[Li+]. The summed E-state index contributed by atoms with van der Waals surface area (Å²) in [5.74, 6) is 0. The van der Waals surface area contributed by atoms with Crippen LogP contribution in [0.4, 0.5) is 4.39 Å². The van der Waals surface area contributed by atoms with Gasteiger partial charge in [0.1, 0.15) is 0 Å². The van der Waals surface area contributed by atoms with Crippen molar-refractivity contribution in [2.45, 2.75) is 0 Å². The first-order valence-electron chi connectivity index (χ1n) is 0.960. The Morgan fingerprint density at radius 3 is 2.00 bits per heavy atom. The van der Waals surface area contributed by atoms with Gasteiger partial charge >= 0.3 is 18.9 Å². The summed E-state index contributed by atoms with van der Waals surface area (Å²) in [5.41, 5.74) is 0. The number of allylic oxidation sites excluding steroid dienone is 1. The molecule has 5 heavy (non-hydrogen) atoms. The fraction of sp³-hybridized carbons (Fsp3) is 0. The van der Waals surface area contributed by atoms with Crippen molar-refractivity contribution in [1.82, 2.24) is 0 Å². The number of hydrogen-bond acceptors (Lipinski definition) is 0. The molecule has 0 nitrogen and oxygen atoms in total. The van der Waals surface area contributed by atoms with Crippen molar-refractivity contribution in [2.24, 2.45) is 0 Å². The summed E-state index contributed by atoms with van der Waals surface area (Å²) < 4.78 is 10.5. The minimum atomic E-state index is 0. The summed E-state index contributed by atoms with van der Waals surface area (Å²) in [6.07, 6.45) is 1.08. The van der Waals surface area contributed by atoms with Crippen LogP contribution in [0.15, 0.2) is 12.7 Å². The van der Waals surface area contributed by atoms with Crippen molar-refractivity contribution < 1.29 is 23.3 Å². The van der Waals surface area contributed by atoms with Crippen LogP contribution < -0.4 is 18.9 Å². The quantitative estimate of drug-likeness (QED) is 0.253. The van der Waals surface area contributed by atoms with Gasteiger partial charge < -0.3 is 4.39 Å². The molecule has 0 aliphatic heterocycles. The van der Waals surface area contributed by atoms with Crippen LogP contribution in [0, 0.1) is 6.67 Å². The number of rotatable bonds is 1. The van der Waals surface area contributed by atoms with Crippen LogP contribution in [0.2, 0.25) is 0 Å². The second-order valence-electron chi connectivity index (χ2n) is 0.362. The molecule has 0 bridgehead atoms. The van der Waals surface area contributed by atoms with Crippen LogP contribution in [-0.4, -0.2) is 0 Å². The fourth-order valence-electron chi connectivity index (χ4n) is 0. The second kappa shape index (κ2) is 8.91. The molecule has 0 heterocycles. The van der Waals surface area contributed by atoms with Gasteiger partial charge in [-0.05, 0) is 0 Å². The van der Waals surface area contributed by atoms with Crippen molar-refractivity contribution in [3.05, 3.63) is 19.3 Å². The molecule has 0 saturated carbocycles. The maximum Gasteiger partial charge on any atom is 1.00 e. The van der Waals surface area contributed by atoms with Crippen LogP contribution in [0.5, 0.6) is 0 Å². The van der Waals surface area contributed by atoms with E-state index in [4.69, 9.17) is 0 Å². The van der Waals surface area contributed by atoms with E-state index in [-0.39, 0.29) is 18.9 Å². The van der Waals surface area contributed by atoms with Crippen LogP contribution in [-0.2, 0) is 0 Å². The average Bonchev–Trinajstić information content (AvgIpc) is 1.37. The van der Waals surface area contributed by atoms with Crippen LogP contribution >= 0.6 is 0 Å². The molecule has 0 amide bonds. The molecule has 0 aromatic carbocycles. The third-order valence-electron chi connectivity index (χ3n) is 0.0891. The van der Waals surface area contributed by atoms with E-state index in [0.29, 0.717) is 6.67 Å². The van der Waals surface area contributed by atoms with Gasteiger partial charge in [0.05, 0.1) is 0 Å². The Kier molecular flexibility index (Phi) is 15.9. The van der Waals surface area contributed by atoms with Crippen LogP contribution in [0.25, 0.3) is 0 Å². The van der Waals surface area contributed by atoms with Crippen LogP contribution in [0.3, 0.4) is 0 Å². The van der Waals surface area contributed by atoms with Crippen molar-refractivity contribution >= 4 is 0 Å². The van der Waals surface area contributed by atoms with Gasteiger partial charge in [-0.1, -0.05) is 6.67 Å². The molecule has 0 spiro atoms. The van der Waals surface area contributed by atoms with Gasteiger partial charge in [0.2, 0.25) is 0 Å². The summed E-state index contributed by atoms with van der Waals surface area (Å²) in [4.78, 5) is 0. The fourth-order valence-corrected chi connectivity index (χ4v) is 0. The molecule has 0 radical (unpaired) electrons. The first kappa shape index (κ1) is 8.93. The standard InChI is InChI=1S/C3H4F.Li/c1-2-3-4;/h2-3H,1H2;/q-1;+1. The Balaban J connectivity index is 0. The molecule has 0 atom stereocenters. The van der Waals surface area contributed by atoms with Crippen molar-refractivity contribution in [1.29, 1.82) is 0 Å². The third kappa shape index (κ3) is 14.6. The Labute approximate surface area is 43.2 Å². The molecular formula is C3H4FLi. The predicted molar refractivity (Wildman–Crippen MR) is 15.6 cm³/mol. The Bertz CT molecular complexity index is 20.9. The van der Waals surface area contributed by atoms with E-state index < -0.39 is 0 Å². The summed E-state index contributed by atoms with van der Waals surface area (Å²) in [6, 6.07) is 0. The zero-order chi connectivity index (χ0) is 3.41. The second-order valence-corrected chi connectivity index (χ2v) is 0.362. The normalized spacial score (nSPS) is 4.20. The molecule has 0 aliphatic carbocycles. The Morgan fingerprint density at radius 1 is 1.80 bits per heavy atom. The van der Waals surface area contributed by atoms with Crippen molar-refractivity contribution in [3.8, 4) is 0 Å². The van der Waals surface area contributed by atoms with Gasteiger partial charge in [0.15, 0.2) is 0 Å². The first-order valence-corrected chi connectivity index (χ1v) is 0.960. The number of hydrogen-bond donors (Lipinski definition) is 0. The monoisotopic (exact) mass is 66.0 g/mol. The topological polar surface area (TPSA) is 0 Å². The largest absolute Gasteiger partial charge is 1.00 e. The summed E-state index contributed by atoms with van der Waals surface area (Å²) in [7, 11) is 0. The molecular weight excluding hydrogens is 62.0 g/mol. The molecule has 0 aromatic rings. The maximum absolute atomic E-state index is 10.5. The van der Waals surface area contributed by atoms with Gasteiger partial charge in [-0.2, -0.15) is 0 Å². The van der Waals surface area contributed by atoms with Crippen LogP contribution in [0.1, 0.15) is 0 Å². The summed E-state index contributed by atoms with van der Waals surface area (Å²) in [5, 5.41) is 0. The zero-order valence-electron chi connectivity index (χ0n) is 3.24. The Morgan fingerprint density at radius 2 is 2.00 bits per heavy atom. The molecule has 0 aliphatic rings. The molecule has 0 rings (SSSR count). The third-order valence-corrected chi connectivity index (χ3v) is 0.0891. The Hall–Kier alpha value is 0.137. The van der Waals surface area contributed by atoms with Crippen molar-refractivity contribution in [3.63, 3.8) is 0 Å². The van der Waals surface area contributed by atoms with E-state index in [0.717, 1.165) is 6.08 Å². The predicted octanol–water partition coefficient (Wildman–Crippen LogP) is -1.69. The van der Waals surface area contributed by atoms with Gasteiger partial charge in [0, 0.05) is 0 Å². The van der Waals surface area contributed by atoms with Gasteiger partial charge in [-0.25, -0.2) is 12.7 Å². The molecule has 0 N–H and O–H groups in total. The molecule has 2 heteroatoms. The van der Waals surface area contributed by atoms with E-state index in [1.807, 2.05) is 0 Å². The molecule has 0 fully saturated rings. The van der Waals surface area contributed by atoms with Gasteiger partial charge in [0.25, 0.3) is 0 Å². The molecule has 24 valence electrons. The zero-order valence-corrected chi connectivity index (χ0v) is 3.24. The smallest absolute Gasteiger partial charge is 0.328 e. The van der Waals surface area contributed by atoms with E-state index in [9.17, 15) is 4.39 Å². The number of halogens is 1. The van der Waals surface area contributed by atoms with E-state index in [2.05, 4.69) is 6.58 Å². The van der Waals surface area contributed by atoms with Gasteiger partial charge in [-0.3, -0.25) is 0 Å². The molecule has 0 saturated heterocycles. The van der Waals surface area contributed by atoms with E-state index >= 15 is 0 Å². The van der Waals surface area contributed by atoms with Gasteiger partial charge in [-0.15, -0.1) is 0 Å². The summed E-state index contributed by atoms with van der Waals surface area (Å²) >= 11 is 0. The summed E-state index contributed by atoms with van der Waals surface area (Å²) in [6.45, 7) is 3.44. The van der Waals surface area contributed by atoms with Crippen molar-refractivity contribution in [2.75, 3.05) is 0 Å². The first-order chi connectivity index (χ1) is 1.91. The average molecular weight is 66.0 g/mol. The van der Waals surface area contributed by atoms with E-state index in [1.165, 1.54) is 0 Å². The minimum absolute atomic E-state index is 0. The minimum Gasteiger partial charge on any atom is -0.328 e. The van der Waals surface area contributed by atoms with E-state index in [1.54, 1.807) is 0 Å².